The molecule has 2 aliphatic carbocycles. The molecule has 2 saturated heterocycles. The number of alkyl carbamates (subject to hydrolysis) is 2. The van der Waals surface area contributed by atoms with Crippen LogP contribution in [0.2, 0.25) is 0 Å². The van der Waals surface area contributed by atoms with E-state index in [0.29, 0.717) is 18.3 Å². The highest BCUT2D eigenvalue weighted by Crippen LogP contribution is 2.50. The van der Waals surface area contributed by atoms with Crippen molar-refractivity contribution < 1.29 is 33.4 Å². The van der Waals surface area contributed by atoms with Gasteiger partial charge >= 0.3 is 12.2 Å². The van der Waals surface area contributed by atoms with Gasteiger partial charge in [-0.15, -0.1) is 0 Å². The highest BCUT2D eigenvalue weighted by Gasteiger charge is 2.51. The average molecular weight is 807 g/mol. The lowest BCUT2D eigenvalue weighted by Crippen LogP contribution is -2.54. The second-order valence-electron chi connectivity index (χ2n) is 16.6. The maximum Gasteiger partial charge on any atom is 0.407 e. The number of H-pyrrole nitrogens is 2. The van der Waals surface area contributed by atoms with Crippen LogP contribution in [0.1, 0.15) is 87.7 Å². The van der Waals surface area contributed by atoms with E-state index in [4.69, 9.17) is 24.2 Å². The van der Waals surface area contributed by atoms with E-state index in [0.717, 1.165) is 73.3 Å². The van der Waals surface area contributed by atoms with Crippen molar-refractivity contribution in [3.8, 4) is 33.6 Å². The number of ether oxygens (including phenoxy) is 3. The summed E-state index contributed by atoms with van der Waals surface area (Å²) in [5, 5.41) is 5.41. The van der Waals surface area contributed by atoms with Gasteiger partial charge in [0.05, 0.1) is 56.2 Å². The van der Waals surface area contributed by atoms with Crippen LogP contribution in [0, 0.1) is 11.8 Å². The fraction of sp³-hybridized carbons (Fsp3) is 0.500. The molecular weight excluding hydrogens is 753 g/mol. The van der Waals surface area contributed by atoms with Gasteiger partial charge in [-0.3, -0.25) is 9.59 Å². The molecule has 2 aromatic heterocycles. The molecule has 4 amide bonds. The van der Waals surface area contributed by atoms with Crippen molar-refractivity contribution in [2.75, 3.05) is 27.9 Å². The summed E-state index contributed by atoms with van der Waals surface area (Å²) in [6.07, 6.45) is 8.12. The number of benzene rings is 2. The lowest BCUT2D eigenvalue weighted by Gasteiger charge is -2.37. The Morgan fingerprint density at radius 1 is 0.763 bits per heavy atom. The second kappa shape index (κ2) is 16.5. The number of likely N-dealkylation sites (tertiary alicyclic amines) is 2. The number of aryl methyl sites for hydroxylation is 2. The number of hydrogen-bond donors (Lipinski definition) is 4. The van der Waals surface area contributed by atoms with Gasteiger partial charge in [-0.05, 0) is 109 Å². The molecule has 4 aromatic rings. The molecule has 2 bridgehead atoms. The van der Waals surface area contributed by atoms with Crippen molar-refractivity contribution in [3.63, 3.8) is 0 Å². The first-order valence-corrected chi connectivity index (χ1v) is 20.7. The minimum Gasteiger partial charge on any atom is -0.453 e. The van der Waals surface area contributed by atoms with E-state index in [9.17, 15) is 19.2 Å². The van der Waals surface area contributed by atoms with Crippen LogP contribution in [0.3, 0.4) is 0 Å². The van der Waals surface area contributed by atoms with Gasteiger partial charge in [0.25, 0.3) is 0 Å². The normalized spacial score (nSPS) is 22.1. The summed E-state index contributed by atoms with van der Waals surface area (Å²) in [6.45, 7) is 6.16. The number of carbonyl (C=O) groups is 4. The zero-order valence-electron chi connectivity index (χ0n) is 34.5. The zero-order valence-corrected chi connectivity index (χ0v) is 34.5. The fourth-order valence-corrected chi connectivity index (χ4v) is 9.73. The summed E-state index contributed by atoms with van der Waals surface area (Å²) in [5.74, 6) is 1.38. The molecule has 0 radical (unpaired) electrons. The van der Waals surface area contributed by atoms with E-state index in [1.807, 2.05) is 31.1 Å². The van der Waals surface area contributed by atoms with Gasteiger partial charge in [0.15, 0.2) is 0 Å². The number of methoxy groups -OCH3 is 3. The van der Waals surface area contributed by atoms with Crippen LogP contribution in [0.25, 0.3) is 33.6 Å². The summed E-state index contributed by atoms with van der Waals surface area (Å²) in [7, 11) is 4.08. The van der Waals surface area contributed by atoms with Gasteiger partial charge in [-0.25, -0.2) is 19.6 Å². The van der Waals surface area contributed by atoms with Crippen molar-refractivity contribution in [2.24, 2.45) is 11.8 Å². The predicted molar refractivity (Wildman–Crippen MR) is 219 cm³/mol. The van der Waals surface area contributed by atoms with E-state index < -0.39 is 30.4 Å². The minimum absolute atomic E-state index is 0.0889. The van der Waals surface area contributed by atoms with Crippen molar-refractivity contribution >= 4 is 24.0 Å². The molecule has 15 heteroatoms. The van der Waals surface area contributed by atoms with Crippen molar-refractivity contribution in [1.29, 1.82) is 0 Å². The summed E-state index contributed by atoms with van der Waals surface area (Å²) < 4.78 is 15.0. The van der Waals surface area contributed by atoms with Crippen molar-refractivity contribution in [3.05, 3.63) is 71.6 Å². The number of imidazole rings is 2. The Labute approximate surface area is 344 Å². The van der Waals surface area contributed by atoms with Gasteiger partial charge in [-0.2, -0.15) is 0 Å². The Morgan fingerprint density at radius 2 is 1.36 bits per heavy atom. The van der Waals surface area contributed by atoms with Gasteiger partial charge in [-0.1, -0.05) is 38.1 Å². The van der Waals surface area contributed by atoms with Crippen LogP contribution < -0.4 is 10.6 Å². The van der Waals surface area contributed by atoms with Crippen LogP contribution in [0.4, 0.5) is 9.59 Å². The standard InChI is InChI=1S/C44H54N8O7/c1-23(2)36(49-43(55)58-5)42(54)52-30-14-11-29(20-30)38(52)40-46-22-34(48-40)28-13-16-32-26(19-28)10-9-25-18-27(12-15-31(25)32)33-21-45-39(47-33)35-8-7-17-51(35)41(53)37(24(3)57-4)50-44(56)59-6/h12-13,15-16,18-19,21-24,29-30,35-38H,7-11,14,17,20H2,1-6H3,(H,45,47)(H,46,48)(H,49,55)(H,50,56)/t24-,29+,30-,35+,36+,37?,38+/m1/s1. The Morgan fingerprint density at radius 3 is 1.95 bits per heavy atom. The van der Waals surface area contributed by atoms with Gasteiger partial charge in [0, 0.05) is 19.7 Å². The first kappa shape index (κ1) is 40.1. The van der Waals surface area contributed by atoms with E-state index in [1.54, 1.807) is 11.8 Å². The maximum atomic E-state index is 14.0. The van der Waals surface area contributed by atoms with Gasteiger partial charge in [0.1, 0.15) is 23.7 Å². The molecular formula is C44H54N8O7. The summed E-state index contributed by atoms with van der Waals surface area (Å²) >= 11 is 0. The Balaban J connectivity index is 0.982. The Kier molecular flexibility index (Phi) is 11.2. The highest BCUT2D eigenvalue weighted by molar-refractivity contribution is 5.88. The number of fused-ring (bicyclic) bond motifs is 5. The van der Waals surface area contributed by atoms with Gasteiger partial charge < -0.3 is 44.6 Å². The third-order valence-corrected chi connectivity index (χ3v) is 12.9. The third-order valence-electron chi connectivity index (χ3n) is 12.9. The van der Waals surface area contributed by atoms with E-state index in [1.165, 1.54) is 43.6 Å². The number of hydrogen-bond acceptors (Lipinski definition) is 9. The lowest BCUT2D eigenvalue weighted by molar-refractivity contribution is -0.139. The Hall–Kier alpha value is -5.70. The van der Waals surface area contributed by atoms with Crippen LogP contribution in [-0.2, 0) is 36.6 Å². The molecule has 1 unspecified atom stereocenters. The molecule has 2 aromatic carbocycles. The molecule has 4 aliphatic rings. The van der Waals surface area contributed by atoms with Gasteiger partial charge in [0.2, 0.25) is 11.8 Å². The predicted octanol–water partition coefficient (Wildman–Crippen LogP) is 6.09. The van der Waals surface area contributed by atoms with Crippen molar-refractivity contribution in [2.45, 2.75) is 102 Å². The topological polar surface area (TPSA) is 184 Å². The van der Waals surface area contributed by atoms with E-state index >= 15 is 0 Å². The van der Waals surface area contributed by atoms with Crippen molar-refractivity contribution in [1.82, 2.24) is 40.4 Å². The maximum absolute atomic E-state index is 14.0. The quantitative estimate of drug-likeness (QED) is 0.139. The molecule has 8 rings (SSSR count). The highest BCUT2D eigenvalue weighted by atomic mass is 16.5. The number of piperidine rings is 1. The fourth-order valence-electron chi connectivity index (χ4n) is 9.73. The zero-order chi connectivity index (χ0) is 41.5. The molecule has 1 saturated carbocycles. The number of rotatable bonds is 11. The van der Waals surface area contributed by atoms with E-state index in [2.05, 4.69) is 57.0 Å². The van der Waals surface area contributed by atoms with Crippen LogP contribution >= 0.6 is 0 Å². The molecule has 4 N–H and O–H groups in total. The average Bonchev–Trinajstić information content (AvgIpc) is 4.11. The summed E-state index contributed by atoms with van der Waals surface area (Å²) in [4.78, 5) is 72.3. The molecule has 3 fully saturated rings. The van der Waals surface area contributed by atoms with Crippen LogP contribution in [0.15, 0.2) is 48.8 Å². The smallest absolute Gasteiger partial charge is 0.407 e. The number of nitrogens with zero attached hydrogens (tertiary/aromatic N) is 4. The SMILES string of the molecule is COC(=O)NC(C(=O)N1CCC[C@H]1c1ncc(-c2ccc3c(c2)CCc2cc(-c4cnc([C@@H]5[C@H]6CC[C@H](C6)N5C(=O)[C@@H](NC(=O)OC)C(C)C)[nH]4)ccc2-3)[nH]1)[C@@H](C)OC. The lowest BCUT2D eigenvalue weighted by atomic mass is 9.83. The number of nitrogens with one attached hydrogen (secondary N) is 4. The minimum atomic E-state index is -0.892. The molecule has 7 atom stereocenters. The Bertz CT molecular complexity index is 2230. The number of amides is 4. The molecule has 2 aliphatic heterocycles. The first-order valence-electron chi connectivity index (χ1n) is 20.7. The number of aromatic amines is 2. The van der Waals surface area contributed by atoms with E-state index in [-0.39, 0.29) is 35.9 Å². The number of aromatic nitrogens is 4. The van der Waals surface area contributed by atoms with Crippen LogP contribution in [0.5, 0.6) is 0 Å². The molecule has 312 valence electrons. The first-order chi connectivity index (χ1) is 28.5. The molecule has 59 heavy (non-hydrogen) atoms. The summed E-state index contributed by atoms with van der Waals surface area (Å²) in [5.41, 5.74) is 8.79. The summed E-state index contributed by atoms with van der Waals surface area (Å²) in [6, 6.07) is 11.2. The molecule has 4 heterocycles. The second-order valence-corrected chi connectivity index (χ2v) is 16.6. The number of carbonyl (C=O) groups excluding carboxylic acids is 4. The van der Waals surface area contributed by atoms with Crippen LogP contribution in [-0.4, -0.2) is 106 Å². The third kappa shape index (κ3) is 7.56. The largest absolute Gasteiger partial charge is 0.453 e. The molecule has 0 spiro atoms. The monoisotopic (exact) mass is 806 g/mol. The molecule has 15 nitrogen and oxygen atoms in total.